The maximum atomic E-state index is 6.72. The Morgan fingerprint density at radius 1 is 0.938 bits per heavy atom. The minimum atomic E-state index is -0.316. The van der Waals surface area contributed by atoms with Crippen molar-refractivity contribution in [2.75, 3.05) is 6.61 Å². The molecule has 5 nitrogen and oxygen atoms in total. The molecular formula is C42H47N3O2Pt. The number of nitrogens with zero attached hydrogens (tertiary/aromatic N) is 3. The molecule has 3 aromatic carbocycles. The molecule has 4 heterocycles. The van der Waals surface area contributed by atoms with Crippen LogP contribution < -0.4 is 4.74 Å². The van der Waals surface area contributed by atoms with Crippen molar-refractivity contribution in [3.05, 3.63) is 94.2 Å². The standard InChI is InChI=1S/C42H47N3O2.Pt/c1-24(2)26-17-27(38-44-42(12,23-46-38)40(7,8)9)19-29(18-26)47-35-22-34-30(16-25(35)3)31-20-28(39(4,5)6)21-33-36(31)45(34)37-32(41(33,10)11)14-13-15-43-37;/h13-18,20-21,24H,23H2,1-12H3;/q-2;+2/t42-;/m0./s1. The molecule has 2 aliphatic heterocycles. The summed E-state index contributed by atoms with van der Waals surface area (Å²) in [5.41, 5.74) is 8.42. The monoisotopic (exact) mass is 820 g/mol. The zero-order chi connectivity index (χ0) is 33.8. The quantitative estimate of drug-likeness (QED) is 0.170. The fourth-order valence-electron chi connectivity index (χ4n) is 6.83. The van der Waals surface area contributed by atoms with Gasteiger partial charge in [0.15, 0.2) is 0 Å². The number of ether oxygens (including phenoxy) is 2. The van der Waals surface area contributed by atoms with Gasteiger partial charge in [0, 0.05) is 34.2 Å². The molecule has 0 spiro atoms. The molecule has 252 valence electrons. The van der Waals surface area contributed by atoms with Crippen LogP contribution in [0, 0.1) is 24.5 Å². The van der Waals surface area contributed by atoms with Gasteiger partial charge in [-0.05, 0) is 46.3 Å². The van der Waals surface area contributed by atoms with Crippen LogP contribution in [-0.2, 0) is 36.6 Å². The molecule has 0 saturated heterocycles. The number of aliphatic imine (C=N–C) groups is 1. The molecule has 6 heteroatoms. The molecule has 1 atom stereocenters. The van der Waals surface area contributed by atoms with Crippen molar-refractivity contribution < 1.29 is 30.5 Å². The molecule has 0 amide bonds. The Morgan fingerprint density at radius 2 is 1.67 bits per heavy atom. The molecule has 0 N–H and O–H groups in total. The molecular weight excluding hydrogens is 774 g/mol. The largest absolute Gasteiger partial charge is 2.00 e. The van der Waals surface area contributed by atoms with Crippen molar-refractivity contribution in [3.63, 3.8) is 0 Å². The number of benzene rings is 3. The fraction of sp³-hybridized carbons (Fsp3) is 0.429. The summed E-state index contributed by atoms with van der Waals surface area (Å²) in [7, 11) is 0. The van der Waals surface area contributed by atoms with Crippen LogP contribution in [0.3, 0.4) is 0 Å². The van der Waals surface area contributed by atoms with E-state index in [-0.39, 0.29) is 48.8 Å². The number of hydrogen-bond acceptors (Lipinski definition) is 4. The number of pyridine rings is 1. The Morgan fingerprint density at radius 3 is 2.31 bits per heavy atom. The minimum Gasteiger partial charge on any atom is -0.518 e. The van der Waals surface area contributed by atoms with E-state index in [4.69, 9.17) is 19.5 Å². The number of rotatable bonds is 4. The zero-order valence-corrected chi connectivity index (χ0v) is 32.6. The van der Waals surface area contributed by atoms with Gasteiger partial charge < -0.3 is 14.0 Å². The fourth-order valence-corrected chi connectivity index (χ4v) is 6.83. The van der Waals surface area contributed by atoms with Crippen LogP contribution in [0.25, 0.3) is 27.6 Å². The Hall–Kier alpha value is -3.43. The molecule has 7 rings (SSSR count). The smallest absolute Gasteiger partial charge is 0.518 e. The van der Waals surface area contributed by atoms with Crippen LogP contribution in [0.2, 0.25) is 0 Å². The third-order valence-corrected chi connectivity index (χ3v) is 10.7. The Balaban J connectivity index is 0.00000401. The van der Waals surface area contributed by atoms with Gasteiger partial charge in [0.25, 0.3) is 0 Å². The summed E-state index contributed by atoms with van der Waals surface area (Å²) >= 11 is 0. The third kappa shape index (κ3) is 5.32. The summed E-state index contributed by atoms with van der Waals surface area (Å²) in [5.74, 6) is 3.17. The van der Waals surface area contributed by atoms with Gasteiger partial charge >= 0.3 is 21.1 Å². The second kappa shape index (κ2) is 11.3. The van der Waals surface area contributed by atoms with E-state index in [1.807, 2.05) is 12.3 Å². The number of hydrogen-bond donors (Lipinski definition) is 0. The van der Waals surface area contributed by atoms with Crippen molar-refractivity contribution in [2.24, 2.45) is 10.4 Å². The Labute approximate surface area is 300 Å². The number of aromatic nitrogens is 2. The average molecular weight is 821 g/mol. The van der Waals surface area contributed by atoms with E-state index in [1.165, 1.54) is 27.6 Å². The van der Waals surface area contributed by atoms with Gasteiger partial charge in [-0.3, -0.25) is 4.99 Å². The first kappa shape index (κ1) is 34.4. The predicted octanol–water partition coefficient (Wildman–Crippen LogP) is 10.5. The van der Waals surface area contributed by atoms with E-state index in [0.717, 1.165) is 33.4 Å². The zero-order valence-electron chi connectivity index (χ0n) is 30.4. The topological polar surface area (TPSA) is 48.6 Å². The molecule has 0 bridgehead atoms. The average Bonchev–Trinajstić information content (AvgIpc) is 3.55. The first-order valence-corrected chi connectivity index (χ1v) is 16.9. The Bertz CT molecular complexity index is 2120. The van der Waals surface area contributed by atoms with Crippen molar-refractivity contribution in [1.29, 1.82) is 0 Å². The van der Waals surface area contributed by atoms with Crippen LogP contribution in [0.15, 0.2) is 53.7 Å². The van der Waals surface area contributed by atoms with E-state index >= 15 is 0 Å². The van der Waals surface area contributed by atoms with Crippen molar-refractivity contribution in [2.45, 2.75) is 105 Å². The van der Waals surface area contributed by atoms with E-state index in [2.05, 4.69) is 136 Å². The van der Waals surface area contributed by atoms with Crippen molar-refractivity contribution in [1.82, 2.24) is 9.55 Å². The number of fused-ring (bicyclic) bond motifs is 5. The molecule has 5 aromatic rings. The molecule has 2 aliphatic rings. The van der Waals surface area contributed by atoms with Crippen LogP contribution >= 0.6 is 0 Å². The van der Waals surface area contributed by atoms with Gasteiger partial charge in [0.05, 0.1) is 5.54 Å². The molecule has 48 heavy (non-hydrogen) atoms. The van der Waals surface area contributed by atoms with Crippen LogP contribution in [0.1, 0.15) is 115 Å². The van der Waals surface area contributed by atoms with E-state index in [9.17, 15) is 0 Å². The van der Waals surface area contributed by atoms with Gasteiger partial charge in [0.2, 0.25) is 0 Å². The van der Waals surface area contributed by atoms with Gasteiger partial charge in [-0.15, -0.1) is 28.6 Å². The van der Waals surface area contributed by atoms with Crippen LogP contribution in [0.4, 0.5) is 0 Å². The normalized spacial score (nSPS) is 18.5. The molecule has 0 fully saturated rings. The van der Waals surface area contributed by atoms with Crippen molar-refractivity contribution >= 4 is 27.7 Å². The predicted molar refractivity (Wildman–Crippen MR) is 193 cm³/mol. The summed E-state index contributed by atoms with van der Waals surface area (Å²) in [6.07, 6.45) is 1.89. The minimum absolute atomic E-state index is 0. The van der Waals surface area contributed by atoms with E-state index in [0.29, 0.717) is 24.0 Å². The number of aryl methyl sites for hydroxylation is 1. The Kier molecular flexibility index (Phi) is 8.11. The van der Waals surface area contributed by atoms with E-state index < -0.39 is 0 Å². The molecule has 2 aromatic heterocycles. The van der Waals surface area contributed by atoms with Gasteiger partial charge in [-0.1, -0.05) is 118 Å². The second-order valence-corrected chi connectivity index (χ2v) is 16.7. The first-order chi connectivity index (χ1) is 21.9. The maximum absolute atomic E-state index is 6.72. The van der Waals surface area contributed by atoms with Crippen LogP contribution in [-0.4, -0.2) is 27.6 Å². The maximum Gasteiger partial charge on any atom is 2.00 e. The SMILES string of the molecule is Cc1cc2c3cc(C(C)(C)C)cc4c3n(c2[c-]c1Oc1[c-]c(C2=N[C@](C)(C(C)(C)C)CO2)cc(C(C)C)c1)-c1ncccc1C4(C)C.[Pt+2]. The summed E-state index contributed by atoms with van der Waals surface area (Å²) in [6, 6.07) is 22.7. The summed E-state index contributed by atoms with van der Waals surface area (Å²) < 4.78 is 15.2. The second-order valence-electron chi connectivity index (χ2n) is 16.7. The summed E-state index contributed by atoms with van der Waals surface area (Å²) in [4.78, 5) is 10.0. The van der Waals surface area contributed by atoms with Gasteiger partial charge in [-0.25, -0.2) is 4.98 Å². The molecule has 0 aliphatic carbocycles. The summed E-state index contributed by atoms with van der Waals surface area (Å²) in [6.45, 7) is 27.3. The van der Waals surface area contributed by atoms with Crippen molar-refractivity contribution in [3.8, 4) is 17.3 Å². The van der Waals surface area contributed by atoms with Crippen LogP contribution in [0.5, 0.6) is 11.5 Å². The van der Waals surface area contributed by atoms with Gasteiger partial charge in [-0.2, -0.15) is 6.07 Å². The summed E-state index contributed by atoms with van der Waals surface area (Å²) in [5, 5.41) is 2.38. The van der Waals surface area contributed by atoms with Gasteiger partial charge in [0.1, 0.15) is 18.3 Å². The molecule has 0 saturated carbocycles. The van der Waals surface area contributed by atoms with E-state index in [1.54, 1.807) is 0 Å². The molecule has 0 unspecified atom stereocenters. The molecule has 0 radical (unpaired) electrons. The third-order valence-electron chi connectivity index (χ3n) is 10.7. The first-order valence-electron chi connectivity index (χ1n) is 16.9.